The highest BCUT2D eigenvalue weighted by Gasteiger charge is 2.08. The molecule has 0 saturated heterocycles. The van der Waals surface area contributed by atoms with Crippen LogP contribution in [0.2, 0.25) is 0 Å². The molecule has 0 saturated carbocycles. The molecule has 0 atom stereocenters. The topological polar surface area (TPSA) is 99.2 Å². The molecule has 0 aliphatic rings. The lowest BCUT2D eigenvalue weighted by atomic mass is 10.2. The van der Waals surface area contributed by atoms with Gasteiger partial charge in [0, 0.05) is 43.8 Å². The van der Waals surface area contributed by atoms with Gasteiger partial charge in [-0.1, -0.05) is 0 Å². The summed E-state index contributed by atoms with van der Waals surface area (Å²) in [6.07, 6.45) is 2.96. The van der Waals surface area contributed by atoms with Crippen molar-refractivity contribution in [2.75, 3.05) is 43.1 Å². The molecular weight excluding hydrogens is 320 g/mol. The van der Waals surface area contributed by atoms with Crippen LogP contribution in [0.25, 0.3) is 0 Å². The molecule has 8 nitrogen and oxygen atoms in total. The first-order valence-corrected chi connectivity index (χ1v) is 7.83. The molecule has 1 aromatic heterocycles. The Bertz CT molecular complexity index is 713. The standard InChI is InChI=1S/C17H22N6O2/c1-12(24)21-14-4-6-15(7-5-14)22-16(25)13-10-19-17(20-11-13)18-8-9-23(2)3/h4-7,10-11H,8-9H2,1-3H3,(H,21,24)(H,22,25)(H,18,19,20). The van der Waals surface area contributed by atoms with Crippen molar-refractivity contribution in [1.82, 2.24) is 14.9 Å². The number of likely N-dealkylation sites (N-methyl/N-ethyl adjacent to an activating group) is 1. The Morgan fingerprint density at radius 2 is 1.56 bits per heavy atom. The van der Waals surface area contributed by atoms with Gasteiger partial charge in [-0.3, -0.25) is 9.59 Å². The molecule has 0 spiro atoms. The van der Waals surface area contributed by atoms with Crippen molar-refractivity contribution in [3.63, 3.8) is 0 Å². The number of amides is 2. The number of nitrogens with zero attached hydrogens (tertiary/aromatic N) is 3. The van der Waals surface area contributed by atoms with Gasteiger partial charge in [0.05, 0.1) is 5.56 Å². The molecule has 2 amide bonds. The minimum atomic E-state index is -0.299. The summed E-state index contributed by atoms with van der Waals surface area (Å²) in [5, 5.41) is 8.51. The van der Waals surface area contributed by atoms with Gasteiger partial charge in [-0.05, 0) is 38.4 Å². The number of carbonyl (C=O) groups is 2. The number of aromatic nitrogens is 2. The zero-order chi connectivity index (χ0) is 18.2. The predicted molar refractivity (Wildman–Crippen MR) is 97.8 cm³/mol. The second-order valence-electron chi connectivity index (χ2n) is 5.74. The van der Waals surface area contributed by atoms with Gasteiger partial charge in [0.2, 0.25) is 11.9 Å². The number of hydrogen-bond acceptors (Lipinski definition) is 6. The monoisotopic (exact) mass is 342 g/mol. The third-order valence-electron chi connectivity index (χ3n) is 3.22. The smallest absolute Gasteiger partial charge is 0.258 e. The first-order valence-electron chi connectivity index (χ1n) is 7.83. The van der Waals surface area contributed by atoms with E-state index in [9.17, 15) is 9.59 Å². The zero-order valence-corrected chi connectivity index (χ0v) is 14.5. The number of anilines is 3. The Hall–Kier alpha value is -3.00. The van der Waals surface area contributed by atoms with Crippen molar-refractivity contribution in [2.24, 2.45) is 0 Å². The summed E-state index contributed by atoms with van der Waals surface area (Å²) >= 11 is 0. The van der Waals surface area contributed by atoms with Crippen LogP contribution in [0.4, 0.5) is 17.3 Å². The van der Waals surface area contributed by atoms with Gasteiger partial charge in [0.25, 0.3) is 5.91 Å². The quantitative estimate of drug-likeness (QED) is 0.708. The lowest BCUT2D eigenvalue weighted by Gasteiger charge is -2.10. The Morgan fingerprint density at radius 1 is 1.00 bits per heavy atom. The SMILES string of the molecule is CC(=O)Nc1ccc(NC(=O)c2cnc(NCCN(C)C)nc2)cc1. The highest BCUT2D eigenvalue weighted by molar-refractivity contribution is 6.04. The van der Waals surface area contributed by atoms with Crippen molar-refractivity contribution in [3.05, 3.63) is 42.2 Å². The van der Waals surface area contributed by atoms with Crippen LogP contribution in [-0.4, -0.2) is 53.9 Å². The van der Waals surface area contributed by atoms with Crippen LogP contribution in [0.5, 0.6) is 0 Å². The summed E-state index contributed by atoms with van der Waals surface area (Å²) in [5.74, 6) is 0.0402. The van der Waals surface area contributed by atoms with Crippen LogP contribution < -0.4 is 16.0 Å². The Kier molecular flexibility index (Phi) is 6.41. The Balaban J connectivity index is 1.90. The zero-order valence-electron chi connectivity index (χ0n) is 14.5. The van der Waals surface area contributed by atoms with E-state index in [1.165, 1.54) is 19.3 Å². The number of benzene rings is 1. The fraction of sp³-hybridized carbons (Fsp3) is 0.294. The average Bonchev–Trinajstić information content (AvgIpc) is 2.56. The van der Waals surface area contributed by atoms with E-state index in [1.54, 1.807) is 24.3 Å². The van der Waals surface area contributed by atoms with Crippen LogP contribution in [0.1, 0.15) is 17.3 Å². The maximum absolute atomic E-state index is 12.2. The summed E-state index contributed by atoms with van der Waals surface area (Å²) in [5.41, 5.74) is 1.65. The second-order valence-corrected chi connectivity index (χ2v) is 5.74. The number of hydrogen-bond donors (Lipinski definition) is 3. The highest BCUT2D eigenvalue weighted by atomic mass is 16.2. The number of rotatable bonds is 7. The fourth-order valence-electron chi connectivity index (χ4n) is 1.97. The molecule has 0 unspecified atom stereocenters. The van der Waals surface area contributed by atoms with Crippen molar-refractivity contribution in [1.29, 1.82) is 0 Å². The van der Waals surface area contributed by atoms with Gasteiger partial charge in [-0.2, -0.15) is 0 Å². The minimum absolute atomic E-state index is 0.145. The van der Waals surface area contributed by atoms with Crippen LogP contribution in [0, 0.1) is 0 Å². The van der Waals surface area contributed by atoms with Gasteiger partial charge in [-0.15, -0.1) is 0 Å². The molecule has 2 aromatic rings. The largest absolute Gasteiger partial charge is 0.353 e. The van der Waals surface area contributed by atoms with Gasteiger partial charge in [0.1, 0.15) is 0 Å². The molecule has 1 aromatic carbocycles. The normalized spacial score (nSPS) is 10.4. The molecule has 0 fully saturated rings. The molecule has 132 valence electrons. The molecular formula is C17H22N6O2. The van der Waals surface area contributed by atoms with Crippen LogP contribution >= 0.6 is 0 Å². The van der Waals surface area contributed by atoms with Crippen molar-refractivity contribution in [2.45, 2.75) is 6.92 Å². The van der Waals surface area contributed by atoms with Crippen molar-refractivity contribution >= 4 is 29.1 Å². The van der Waals surface area contributed by atoms with Gasteiger partial charge >= 0.3 is 0 Å². The van der Waals surface area contributed by atoms with Crippen molar-refractivity contribution in [3.8, 4) is 0 Å². The summed E-state index contributed by atoms with van der Waals surface area (Å²) in [7, 11) is 3.97. The molecule has 8 heteroatoms. The summed E-state index contributed by atoms with van der Waals surface area (Å²) in [4.78, 5) is 33.5. The maximum Gasteiger partial charge on any atom is 0.258 e. The van der Waals surface area contributed by atoms with E-state index in [2.05, 4.69) is 25.9 Å². The third kappa shape index (κ3) is 6.19. The maximum atomic E-state index is 12.2. The molecule has 25 heavy (non-hydrogen) atoms. The van der Waals surface area contributed by atoms with Crippen LogP contribution in [0.3, 0.4) is 0 Å². The third-order valence-corrected chi connectivity index (χ3v) is 3.22. The van der Waals surface area contributed by atoms with E-state index in [4.69, 9.17) is 0 Å². The molecule has 2 rings (SSSR count). The molecule has 0 radical (unpaired) electrons. The number of carbonyl (C=O) groups excluding carboxylic acids is 2. The highest BCUT2D eigenvalue weighted by Crippen LogP contribution is 2.14. The lowest BCUT2D eigenvalue weighted by molar-refractivity contribution is -0.114. The van der Waals surface area contributed by atoms with E-state index in [1.807, 2.05) is 19.0 Å². The molecule has 0 aliphatic carbocycles. The van der Waals surface area contributed by atoms with E-state index >= 15 is 0 Å². The van der Waals surface area contributed by atoms with Crippen LogP contribution in [-0.2, 0) is 4.79 Å². The van der Waals surface area contributed by atoms with E-state index in [-0.39, 0.29) is 11.8 Å². The summed E-state index contributed by atoms with van der Waals surface area (Å²) in [6, 6.07) is 6.85. The molecule has 3 N–H and O–H groups in total. The van der Waals surface area contributed by atoms with Crippen LogP contribution in [0.15, 0.2) is 36.7 Å². The molecule has 0 bridgehead atoms. The van der Waals surface area contributed by atoms with Crippen molar-refractivity contribution < 1.29 is 9.59 Å². The molecule has 0 aliphatic heterocycles. The average molecular weight is 342 g/mol. The fourth-order valence-corrected chi connectivity index (χ4v) is 1.97. The van der Waals surface area contributed by atoms with E-state index in [0.717, 1.165) is 13.1 Å². The molecule has 1 heterocycles. The summed E-state index contributed by atoms with van der Waals surface area (Å²) < 4.78 is 0. The van der Waals surface area contributed by atoms with E-state index < -0.39 is 0 Å². The van der Waals surface area contributed by atoms with E-state index in [0.29, 0.717) is 22.9 Å². The first kappa shape index (κ1) is 18.3. The van der Waals surface area contributed by atoms with Gasteiger partial charge in [-0.25, -0.2) is 9.97 Å². The van der Waals surface area contributed by atoms with Gasteiger partial charge in [0.15, 0.2) is 0 Å². The first-order chi connectivity index (χ1) is 11.9. The van der Waals surface area contributed by atoms with Gasteiger partial charge < -0.3 is 20.9 Å². The Morgan fingerprint density at radius 3 is 2.08 bits per heavy atom. The Labute approximate surface area is 146 Å². The predicted octanol–water partition coefficient (Wildman–Crippen LogP) is 1.66. The minimum Gasteiger partial charge on any atom is -0.353 e. The number of nitrogens with one attached hydrogen (secondary N) is 3. The second kappa shape index (κ2) is 8.74. The lowest BCUT2D eigenvalue weighted by Crippen LogP contribution is -2.21. The summed E-state index contributed by atoms with van der Waals surface area (Å²) in [6.45, 7) is 3.02.